The zero-order valence-corrected chi connectivity index (χ0v) is 11.5. The number of esters is 1. The molecule has 4 heteroatoms. The van der Waals surface area contributed by atoms with Gasteiger partial charge in [-0.2, -0.15) is 0 Å². The zero-order chi connectivity index (χ0) is 14.1. The molecule has 0 bridgehead atoms. The van der Waals surface area contributed by atoms with E-state index in [1.807, 2.05) is 19.1 Å². The first-order valence-corrected chi connectivity index (χ1v) is 6.42. The van der Waals surface area contributed by atoms with Gasteiger partial charge in [-0.1, -0.05) is 11.6 Å². The third kappa shape index (κ3) is 6.04. The lowest BCUT2D eigenvalue weighted by Crippen LogP contribution is -2.14. The lowest BCUT2D eigenvalue weighted by Gasteiger charge is -2.01. The summed E-state index contributed by atoms with van der Waals surface area (Å²) in [5, 5.41) is 0. The predicted octanol–water partition coefficient (Wildman–Crippen LogP) is 3.07. The van der Waals surface area contributed by atoms with Crippen LogP contribution in [-0.2, 0) is 20.7 Å². The number of furan rings is 1. The molecule has 0 amide bonds. The van der Waals surface area contributed by atoms with Crippen molar-refractivity contribution in [1.82, 2.24) is 0 Å². The molecular weight excluding hydrogens is 244 g/mol. The topological polar surface area (TPSA) is 56.5 Å². The molecule has 19 heavy (non-hydrogen) atoms. The summed E-state index contributed by atoms with van der Waals surface area (Å²) in [6.45, 7) is 2.03. The lowest BCUT2D eigenvalue weighted by atomic mass is 10.1. The van der Waals surface area contributed by atoms with Crippen LogP contribution in [0.5, 0.6) is 0 Å². The maximum Gasteiger partial charge on any atom is 0.374 e. The molecule has 0 N–H and O–H groups in total. The monoisotopic (exact) mass is 264 g/mol. The molecule has 0 fully saturated rings. The number of rotatable bonds is 8. The Bertz CT molecular complexity index is 429. The van der Waals surface area contributed by atoms with Crippen molar-refractivity contribution in [1.29, 1.82) is 0 Å². The van der Waals surface area contributed by atoms with Gasteiger partial charge in [-0.15, -0.1) is 0 Å². The molecule has 0 aliphatic heterocycles. The minimum absolute atomic E-state index is 0.246. The van der Waals surface area contributed by atoms with Gasteiger partial charge in [-0.05, 0) is 38.3 Å². The van der Waals surface area contributed by atoms with Gasteiger partial charge in [0.2, 0.25) is 5.78 Å². The maximum absolute atomic E-state index is 11.2. The van der Waals surface area contributed by atoms with Crippen LogP contribution in [0.2, 0.25) is 0 Å². The van der Waals surface area contributed by atoms with Gasteiger partial charge in [0.05, 0.1) is 13.4 Å². The molecular formula is C15H20O4. The lowest BCUT2D eigenvalue weighted by molar-refractivity contribution is -0.151. The Hall–Kier alpha value is -1.84. The summed E-state index contributed by atoms with van der Waals surface area (Å²) in [5.41, 5.74) is 1.23. The smallest absolute Gasteiger partial charge is 0.374 e. The van der Waals surface area contributed by atoms with Gasteiger partial charge in [0.1, 0.15) is 5.76 Å². The van der Waals surface area contributed by atoms with Crippen molar-refractivity contribution >= 4 is 11.8 Å². The van der Waals surface area contributed by atoms with Crippen molar-refractivity contribution in [2.75, 3.05) is 7.11 Å². The third-order valence-electron chi connectivity index (χ3n) is 2.85. The summed E-state index contributed by atoms with van der Waals surface area (Å²) in [7, 11) is 1.22. The first-order valence-electron chi connectivity index (χ1n) is 6.42. The summed E-state index contributed by atoms with van der Waals surface area (Å²) in [6, 6.07) is 3.84. The van der Waals surface area contributed by atoms with Crippen LogP contribution < -0.4 is 0 Å². The minimum atomic E-state index is -0.751. The van der Waals surface area contributed by atoms with Gasteiger partial charge in [0.25, 0.3) is 0 Å². The van der Waals surface area contributed by atoms with Crippen molar-refractivity contribution in [3.8, 4) is 0 Å². The number of carbonyl (C=O) groups excluding carboxylic acids is 2. The van der Waals surface area contributed by atoms with Crippen molar-refractivity contribution in [3.63, 3.8) is 0 Å². The molecule has 0 unspecified atom stereocenters. The normalized spacial score (nSPS) is 11.4. The highest BCUT2D eigenvalue weighted by Gasteiger charge is 2.12. The summed E-state index contributed by atoms with van der Waals surface area (Å²) in [6.07, 6.45) is 7.36. The summed E-state index contributed by atoms with van der Waals surface area (Å²) in [5.74, 6) is -0.227. The summed E-state index contributed by atoms with van der Waals surface area (Å²) >= 11 is 0. The van der Waals surface area contributed by atoms with Gasteiger partial charge >= 0.3 is 5.97 Å². The van der Waals surface area contributed by atoms with Crippen LogP contribution in [0.1, 0.15) is 38.4 Å². The zero-order valence-electron chi connectivity index (χ0n) is 11.5. The molecule has 0 saturated carbocycles. The molecule has 1 aromatic rings. The Morgan fingerprint density at radius 3 is 2.79 bits per heavy atom. The van der Waals surface area contributed by atoms with Crippen LogP contribution in [0, 0.1) is 0 Å². The van der Waals surface area contributed by atoms with Crippen LogP contribution in [0.3, 0.4) is 0 Å². The van der Waals surface area contributed by atoms with E-state index in [4.69, 9.17) is 4.42 Å². The Morgan fingerprint density at radius 1 is 1.37 bits per heavy atom. The molecule has 0 aliphatic rings. The SMILES string of the molecule is COC(=O)C(=O)CCC/C(C)=C/CCc1ccco1. The Morgan fingerprint density at radius 2 is 2.16 bits per heavy atom. The first-order chi connectivity index (χ1) is 9.13. The number of ether oxygens (including phenoxy) is 1. The van der Waals surface area contributed by atoms with Crippen LogP contribution in [0.15, 0.2) is 34.5 Å². The number of methoxy groups -OCH3 is 1. The van der Waals surface area contributed by atoms with Crippen LogP contribution in [0.4, 0.5) is 0 Å². The van der Waals surface area contributed by atoms with Gasteiger partial charge in [0, 0.05) is 12.8 Å². The Labute approximate surface area is 113 Å². The van der Waals surface area contributed by atoms with E-state index in [0.717, 1.165) is 25.0 Å². The molecule has 0 radical (unpaired) electrons. The molecule has 1 rings (SSSR count). The second kappa shape index (κ2) is 8.29. The average Bonchev–Trinajstić information content (AvgIpc) is 2.90. The van der Waals surface area contributed by atoms with Gasteiger partial charge in [-0.3, -0.25) is 4.79 Å². The van der Waals surface area contributed by atoms with Crippen molar-refractivity contribution in [2.45, 2.75) is 39.0 Å². The molecule has 104 valence electrons. The van der Waals surface area contributed by atoms with Gasteiger partial charge in [-0.25, -0.2) is 4.79 Å². The van der Waals surface area contributed by atoms with E-state index in [9.17, 15) is 9.59 Å². The van der Waals surface area contributed by atoms with Crippen molar-refractivity contribution < 1.29 is 18.7 Å². The second-order valence-electron chi connectivity index (χ2n) is 4.44. The van der Waals surface area contributed by atoms with E-state index in [2.05, 4.69) is 10.8 Å². The minimum Gasteiger partial charge on any atom is -0.469 e. The predicted molar refractivity (Wildman–Crippen MR) is 71.7 cm³/mol. The average molecular weight is 264 g/mol. The van der Waals surface area contributed by atoms with E-state index >= 15 is 0 Å². The first kappa shape index (κ1) is 15.2. The van der Waals surface area contributed by atoms with Gasteiger partial charge in [0.15, 0.2) is 0 Å². The van der Waals surface area contributed by atoms with Crippen molar-refractivity contribution in [2.24, 2.45) is 0 Å². The maximum atomic E-state index is 11.2. The van der Waals surface area contributed by atoms with Gasteiger partial charge < -0.3 is 9.15 Å². The molecule has 0 saturated heterocycles. The molecule has 4 nitrogen and oxygen atoms in total. The number of aryl methyl sites for hydroxylation is 1. The molecule has 1 heterocycles. The number of allylic oxidation sites excluding steroid dienone is 2. The highest BCUT2D eigenvalue weighted by atomic mass is 16.5. The third-order valence-corrected chi connectivity index (χ3v) is 2.85. The fourth-order valence-corrected chi connectivity index (χ4v) is 1.76. The number of carbonyl (C=O) groups is 2. The van der Waals surface area contributed by atoms with E-state index in [-0.39, 0.29) is 6.42 Å². The Balaban J connectivity index is 2.18. The molecule has 0 aliphatic carbocycles. The molecule has 0 atom stereocenters. The van der Waals surface area contributed by atoms with Crippen LogP contribution >= 0.6 is 0 Å². The number of hydrogen-bond acceptors (Lipinski definition) is 4. The number of hydrogen-bond donors (Lipinski definition) is 0. The molecule has 1 aromatic heterocycles. The summed E-state index contributed by atoms with van der Waals surface area (Å²) in [4.78, 5) is 22.1. The van der Waals surface area contributed by atoms with E-state index in [1.165, 1.54) is 12.7 Å². The van der Waals surface area contributed by atoms with Crippen LogP contribution in [0.25, 0.3) is 0 Å². The second-order valence-corrected chi connectivity index (χ2v) is 4.44. The largest absolute Gasteiger partial charge is 0.469 e. The fraction of sp³-hybridized carbons (Fsp3) is 0.467. The van der Waals surface area contributed by atoms with Crippen LogP contribution in [-0.4, -0.2) is 18.9 Å². The van der Waals surface area contributed by atoms with E-state index < -0.39 is 11.8 Å². The standard InChI is InChI=1S/C15H20O4/c1-12(6-3-8-13-9-5-11-19-13)7-4-10-14(16)15(17)18-2/h5-6,9,11H,3-4,7-8,10H2,1-2H3/b12-6+. The quantitative estimate of drug-likeness (QED) is 0.411. The highest BCUT2D eigenvalue weighted by Crippen LogP contribution is 2.10. The fourth-order valence-electron chi connectivity index (χ4n) is 1.76. The highest BCUT2D eigenvalue weighted by molar-refractivity contribution is 6.33. The van der Waals surface area contributed by atoms with E-state index in [0.29, 0.717) is 6.42 Å². The molecule has 0 spiro atoms. The number of ketones is 1. The molecule has 0 aromatic carbocycles. The van der Waals surface area contributed by atoms with E-state index in [1.54, 1.807) is 6.26 Å². The number of Topliss-reactive ketones (excluding diaryl/α,β-unsaturated/α-hetero) is 1. The Kier molecular flexibility index (Phi) is 6.64. The van der Waals surface area contributed by atoms with Crippen molar-refractivity contribution in [3.05, 3.63) is 35.8 Å². The summed E-state index contributed by atoms with van der Waals surface area (Å²) < 4.78 is 9.60.